The monoisotopic (exact) mass is 274 g/mol. The standard InChI is InChI=1S/C16H22N2O2/c19-16(17-6-7-18-8-10-20-11-9-18)15-5-4-13-2-1-3-14(13)12-15/h4-5,12H,1-3,6-11H2,(H,17,19). The minimum atomic E-state index is 0.0490. The minimum absolute atomic E-state index is 0.0490. The Labute approximate surface area is 120 Å². The highest BCUT2D eigenvalue weighted by Gasteiger charge is 2.14. The molecule has 1 aromatic carbocycles. The number of ether oxygens (including phenoxy) is 1. The Morgan fingerprint density at radius 3 is 2.85 bits per heavy atom. The van der Waals surface area contributed by atoms with Gasteiger partial charge in [-0.25, -0.2) is 0 Å². The molecule has 4 nitrogen and oxygen atoms in total. The van der Waals surface area contributed by atoms with Crippen molar-refractivity contribution in [1.29, 1.82) is 0 Å². The van der Waals surface area contributed by atoms with Crippen LogP contribution >= 0.6 is 0 Å². The van der Waals surface area contributed by atoms with Crippen LogP contribution in [-0.2, 0) is 17.6 Å². The fourth-order valence-electron chi connectivity index (χ4n) is 2.97. The van der Waals surface area contributed by atoms with Gasteiger partial charge in [0.05, 0.1) is 13.2 Å². The van der Waals surface area contributed by atoms with E-state index in [2.05, 4.69) is 22.3 Å². The van der Waals surface area contributed by atoms with Gasteiger partial charge < -0.3 is 10.1 Å². The van der Waals surface area contributed by atoms with Gasteiger partial charge in [-0.05, 0) is 42.5 Å². The highest BCUT2D eigenvalue weighted by atomic mass is 16.5. The quantitative estimate of drug-likeness (QED) is 0.898. The first kappa shape index (κ1) is 13.6. The summed E-state index contributed by atoms with van der Waals surface area (Å²) in [4.78, 5) is 14.5. The molecular weight excluding hydrogens is 252 g/mol. The van der Waals surface area contributed by atoms with Crippen LogP contribution in [0.4, 0.5) is 0 Å². The number of hydrogen-bond donors (Lipinski definition) is 1. The second kappa shape index (κ2) is 6.37. The number of rotatable bonds is 4. The molecule has 1 aliphatic carbocycles. The Kier molecular flexibility index (Phi) is 4.33. The lowest BCUT2D eigenvalue weighted by Crippen LogP contribution is -2.41. The molecule has 1 N–H and O–H groups in total. The van der Waals surface area contributed by atoms with Crippen LogP contribution in [0.5, 0.6) is 0 Å². The van der Waals surface area contributed by atoms with Crippen molar-refractivity contribution in [3.63, 3.8) is 0 Å². The summed E-state index contributed by atoms with van der Waals surface area (Å²) in [6.45, 7) is 5.15. The molecule has 2 aliphatic rings. The van der Waals surface area contributed by atoms with Crippen LogP contribution in [0.3, 0.4) is 0 Å². The summed E-state index contributed by atoms with van der Waals surface area (Å²) < 4.78 is 5.31. The zero-order chi connectivity index (χ0) is 13.8. The number of morpholine rings is 1. The number of carbonyl (C=O) groups excluding carboxylic acids is 1. The van der Waals surface area contributed by atoms with E-state index in [1.54, 1.807) is 0 Å². The first-order chi connectivity index (χ1) is 9.83. The molecular formula is C16H22N2O2. The van der Waals surface area contributed by atoms with Crippen LogP contribution in [0.15, 0.2) is 18.2 Å². The molecule has 108 valence electrons. The van der Waals surface area contributed by atoms with Crippen molar-refractivity contribution in [1.82, 2.24) is 10.2 Å². The molecule has 20 heavy (non-hydrogen) atoms. The first-order valence-electron chi connectivity index (χ1n) is 7.53. The summed E-state index contributed by atoms with van der Waals surface area (Å²) in [5.74, 6) is 0.0490. The van der Waals surface area contributed by atoms with E-state index in [1.807, 2.05) is 6.07 Å². The number of amides is 1. The zero-order valence-corrected chi connectivity index (χ0v) is 11.9. The Bertz CT molecular complexity index is 481. The van der Waals surface area contributed by atoms with Gasteiger partial charge >= 0.3 is 0 Å². The normalized spacial score (nSPS) is 18.8. The molecule has 3 rings (SSSR count). The minimum Gasteiger partial charge on any atom is -0.379 e. The van der Waals surface area contributed by atoms with Gasteiger partial charge in [-0.2, -0.15) is 0 Å². The summed E-state index contributed by atoms with van der Waals surface area (Å²) in [6.07, 6.45) is 3.50. The average molecular weight is 274 g/mol. The number of hydrogen-bond acceptors (Lipinski definition) is 3. The van der Waals surface area contributed by atoms with Gasteiger partial charge in [0, 0.05) is 31.7 Å². The van der Waals surface area contributed by atoms with Crippen LogP contribution in [-0.4, -0.2) is 50.2 Å². The molecule has 1 heterocycles. The topological polar surface area (TPSA) is 41.6 Å². The first-order valence-corrected chi connectivity index (χ1v) is 7.53. The van der Waals surface area contributed by atoms with E-state index >= 15 is 0 Å². The molecule has 0 spiro atoms. The maximum absolute atomic E-state index is 12.1. The summed E-state index contributed by atoms with van der Waals surface area (Å²) in [5, 5.41) is 3.02. The number of nitrogens with zero attached hydrogens (tertiary/aromatic N) is 1. The fraction of sp³-hybridized carbons (Fsp3) is 0.562. The lowest BCUT2D eigenvalue weighted by molar-refractivity contribution is 0.0383. The average Bonchev–Trinajstić information content (AvgIpc) is 2.95. The Morgan fingerprint density at radius 1 is 1.20 bits per heavy atom. The van der Waals surface area contributed by atoms with Crippen LogP contribution in [0.25, 0.3) is 0 Å². The SMILES string of the molecule is O=C(NCCN1CCOCC1)c1ccc2c(c1)CCC2. The van der Waals surface area contributed by atoms with Crippen LogP contribution in [0.2, 0.25) is 0 Å². The predicted molar refractivity (Wildman–Crippen MR) is 78.1 cm³/mol. The van der Waals surface area contributed by atoms with Gasteiger partial charge in [-0.3, -0.25) is 9.69 Å². The Balaban J connectivity index is 1.49. The van der Waals surface area contributed by atoms with Crippen LogP contribution in [0, 0.1) is 0 Å². The van der Waals surface area contributed by atoms with E-state index in [-0.39, 0.29) is 5.91 Å². The molecule has 1 amide bonds. The molecule has 1 aromatic rings. The van der Waals surface area contributed by atoms with Crippen molar-refractivity contribution in [2.24, 2.45) is 0 Å². The van der Waals surface area contributed by atoms with Crippen molar-refractivity contribution >= 4 is 5.91 Å². The summed E-state index contributed by atoms with van der Waals surface area (Å²) in [5.41, 5.74) is 3.56. The number of benzene rings is 1. The number of carbonyl (C=O) groups is 1. The number of nitrogens with one attached hydrogen (secondary N) is 1. The molecule has 0 aromatic heterocycles. The lowest BCUT2D eigenvalue weighted by Gasteiger charge is -2.26. The molecule has 0 unspecified atom stereocenters. The smallest absolute Gasteiger partial charge is 0.251 e. The van der Waals surface area contributed by atoms with Gasteiger partial charge in [-0.1, -0.05) is 6.07 Å². The van der Waals surface area contributed by atoms with E-state index in [9.17, 15) is 4.79 Å². The summed E-state index contributed by atoms with van der Waals surface area (Å²) in [7, 11) is 0. The summed E-state index contributed by atoms with van der Waals surface area (Å²) in [6, 6.07) is 6.12. The molecule has 0 atom stereocenters. The van der Waals surface area contributed by atoms with E-state index in [0.717, 1.165) is 51.3 Å². The molecule has 1 fully saturated rings. The molecule has 1 saturated heterocycles. The van der Waals surface area contributed by atoms with Crippen molar-refractivity contribution in [3.8, 4) is 0 Å². The van der Waals surface area contributed by atoms with Crippen molar-refractivity contribution in [3.05, 3.63) is 34.9 Å². The van der Waals surface area contributed by atoms with Crippen LogP contribution in [0.1, 0.15) is 27.9 Å². The lowest BCUT2D eigenvalue weighted by atomic mass is 10.1. The third kappa shape index (κ3) is 3.19. The van der Waals surface area contributed by atoms with Crippen LogP contribution < -0.4 is 5.32 Å². The van der Waals surface area contributed by atoms with E-state index in [0.29, 0.717) is 6.54 Å². The molecule has 1 aliphatic heterocycles. The predicted octanol–water partition coefficient (Wildman–Crippen LogP) is 1.24. The van der Waals surface area contributed by atoms with Gasteiger partial charge in [0.15, 0.2) is 0 Å². The van der Waals surface area contributed by atoms with E-state index in [1.165, 1.54) is 17.5 Å². The van der Waals surface area contributed by atoms with Gasteiger partial charge in [0.2, 0.25) is 0 Å². The van der Waals surface area contributed by atoms with E-state index in [4.69, 9.17) is 4.74 Å². The second-order valence-electron chi connectivity index (χ2n) is 5.55. The van der Waals surface area contributed by atoms with E-state index < -0.39 is 0 Å². The molecule has 0 bridgehead atoms. The van der Waals surface area contributed by atoms with Gasteiger partial charge in [-0.15, -0.1) is 0 Å². The van der Waals surface area contributed by atoms with Crippen molar-refractivity contribution in [2.45, 2.75) is 19.3 Å². The maximum atomic E-state index is 12.1. The zero-order valence-electron chi connectivity index (χ0n) is 11.9. The third-order valence-corrected chi connectivity index (χ3v) is 4.18. The Morgan fingerprint density at radius 2 is 2.00 bits per heavy atom. The third-order valence-electron chi connectivity index (χ3n) is 4.18. The molecule has 0 saturated carbocycles. The maximum Gasteiger partial charge on any atom is 0.251 e. The second-order valence-corrected chi connectivity index (χ2v) is 5.55. The molecule has 0 radical (unpaired) electrons. The fourth-order valence-corrected chi connectivity index (χ4v) is 2.97. The van der Waals surface area contributed by atoms with Gasteiger partial charge in [0.1, 0.15) is 0 Å². The molecule has 4 heteroatoms. The highest BCUT2D eigenvalue weighted by molar-refractivity contribution is 5.94. The summed E-state index contributed by atoms with van der Waals surface area (Å²) >= 11 is 0. The number of fused-ring (bicyclic) bond motifs is 1. The Hall–Kier alpha value is -1.39. The largest absolute Gasteiger partial charge is 0.379 e. The van der Waals surface area contributed by atoms with Crippen molar-refractivity contribution < 1.29 is 9.53 Å². The number of aryl methyl sites for hydroxylation is 2. The van der Waals surface area contributed by atoms with Crippen molar-refractivity contribution in [2.75, 3.05) is 39.4 Å². The highest BCUT2D eigenvalue weighted by Crippen LogP contribution is 2.22. The van der Waals surface area contributed by atoms with Gasteiger partial charge in [0.25, 0.3) is 5.91 Å².